The zero-order valence-corrected chi connectivity index (χ0v) is 12.7. The van der Waals surface area contributed by atoms with Gasteiger partial charge in [0.05, 0.1) is 0 Å². The van der Waals surface area contributed by atoms with Gasteiger partial charge in [-0.3, -0.25) is 0 Å². The van der Waals surface area contributed by atoms with Gasteiger partial charge in [0.25, 0.3) is 0 Å². The number of aromatic hydroxyl groups is 1. The van der Waals surface area contributed by atoms with E-state index in [4.69, 9.17) is 0 Å². The van der Waals surface area contributed by atoms with E-state index in [1.807, 2.05) is 12.1 Å². The molecule has 1 saturated carbocycles. The average Bonchev–Trinajstić information content (AvgIpc) is 3.13. The first kappa shape index (κ1) is 14.4. The zero-order valence-electron chi connectivity index (χ0n) is 12.7. The summed E-state index contributed by atoms with van der Waals surface area (Å²) >= 11 is 0. The number of hydrogen-bond donors (Lipinski definition) is 2. The van der Waals surface area contributed by atoms with E-state index in [0.29, 0.717) is 11.2 Å². The first-order chi connectivity index (χ1) is 8.78. The summed E-state index contributed by atoms with van der Waals surface area (Å²) in [7, 11) is 0. The van der Waals surface area contributed by atoms with Crippen LogP contribution in [0.4, 0.5) is 0 Å². The minimum atomic E-state index is 0.172. The smallest absolute Gasteiger partial charge is 0.115 e. The highest BCUT2D eigenvalue weighted by Crippen LogP contribution is 2.47. The molecule has 1 aromatic rings. The van der Waals surface area contributed by atoms with Crippen molar-refractivity contribution < 1.29 is 5.11 Å². The first-order valence-electron chi connectivity index (χ1n) is 7.31. The standard InChI is InChI=1S/C17H27NO/c1-16(2,3)18-12-17(4,14-7-8-14)11-13-5-9-15(19)10-6-13/h5-6,9-10,14,18-19H,7-8,11-12H2,1-4H3. The predicted molar refractivity (Wildman–Crippen MR) is 80.4 cm³/mol. The average molecular weight is 261 g/mol. The van der Waals surface area contributed by atoms with Gasteiger partial charge >= 0.3 is 0 Å². The normalized spacial score (nSPS) is 19.2. The molecule has 1 fully saturated rings. The van der Waals surface area contributed by atoms with E-state index in [1.165, 1.54) is 18.4 Å². The molecule has 2 nitrogen and oxygen atoms in total. The van der Waals surface area contributed by atoms with Gasteiger partial charge in [0.1, 0.15) is 5.75 Å². The molecule has 0 heterocycles. The third-order valence-corrected chi connectivity index (χ3v) is 4.13. The van der Waals surface area contributed by atoms with Crippen molar-refractivity contribution >= 4 is 0 Å². The Kier molecular flexibility index (Phi) is 3.91. The summed E-state index contributed by atoms with van der Waals surface area (Å²) in [6.45, 7) is 10.1. The van der Waals surface area contributed by atoms with Gasteiger partial charge in [-0.2, -0.15) is 0 Å². The SMILES string of the molecule is CC(C)(C)NCC(C)(Cc1ccc(O)cc1)C1CC1. The quantitative estimate of drug-likeness (QED) is 0.846. The van der Waals surface area contributed by atoms with Crippen molar-refractivity contribution in [3.8, 4) is 5.75 Å². The molecule has 0 bridgehead atoms. The molecule has 0 saturated heterocycles. The Balaban J connectivity index is 2.04. The molecule has 106 valence electrons. The van der Waals surface area contributed by atoms with Crippen molar-refractivity contribution in [1.29, 1.82) is 0 Å². The van der Waals surface area contributed by atoms with Crippen LogP contribution in [-0.4, -0.2) is 17.2 Å². The Morgan fingerprint density at radius 2 is 1.68 bits per heavy atom. The molecule has 1 aromatic carbocycles. The van der Waals surface area contributed by atoms with E-state index in [2.05, 4.69) is 33.0 Å². The molecule has 0 aromatic heterocycles. The van der Waals surface area contributed by atoms with Crippen LogP contribution in [0.3, 0.4) is 0 Å². The lowest BCUT2D eigenvalue weighted by Gasteiger charge is -2.34. The van der Waals surface area contributed by atoms with Crippen LogP contribution in [-0.2, 0) is 6.42 Å². The number of phenols is 1. The highest BCUT2D eigenvalue weighted by atomic mass is 16.3. The minimum absolute atomic E-state index is 0.172. The molecular weight excluding hydrogens is 234 g/mol. The van der Waals surface area contributed by atoms with Gasteiger partial charge < -0.3 is 10.4 Å². The lowest BCUT2D eigenvalue weighted by molar-refractivity contribution is 0.227. The Hall–Kier alpha value is -1.02. The molecule has 0 radical (unpaired) electrons. The second-order valence-corrected chi connectivity index (χ2v) is 7.38. The first-order valence-corrected chi connectivity index (χ1v) is 7.31. The van der Waals surface area contributed by atoms with E-state index < -0.39 is 0 Å². The van der Waals surface area contributed by atoms with Crippen molar-refractivity contribution in [3.63, 3.8) is 0 Å². The third kappa shape index (κ3) is 4.24. The zero-order chi connectivity index (χ0) is 14.1. The van der Waals surface area contributed by atoms with E-state index in [9.17, 15) is 5.11 Å². The number of rotatable bonds is 5. The molecule has 1 atom stereocenters. The molecule has 0 spiro atoms. The van der Waals surface area contributed by atoms with Gasteiger partial charge in [0.2, 0.25) is 0 Å². The Morgan fingerprint density at radius 3 is 2.16 bits per heavy atom. The summed E-state index contributed by atoms with van der Waals surface area (Å²) in [5.41, 5.74) is 1.82. The summed E-state index contributed by atoms with van der Waals surface area (Å²) in [6, 6.07) is 7.68. The maximum Gasteiger partial charge on any atom is 0.115 e. The summed E-state index contributed by atoms with van der Waals surface area (Å²) in [5, 5.41) is 13.0. The minimum Gasteiger partial charge on any atom is -0.508 e. The summed E-state index contributed by atoms with van der Waals surface area (Å²) in [6.07, 6.45) is 3.81. The lowest BCUT2D eigenvalue weighted by Crippen LogP contribution is -2.44. The van der Waals surface area contributed by atoms with Crippen LogP contribution in [0.1, 0.15) is 46.1 Å². The van der Waals surface area contributed by atoms with Gasteiger partial charge in [-0.25, -0.2) is 0 Å². The van der Waals surface area contributed by atoms with E-state index in [-0.39, 0.29) is 5.54 Å². The topological polar surface area (TPSA) is 32.3 Å². The predicted octanol–water partition coefficient (Wildman–Crippen LogP) is 3.74. The van der Waals surface area contributed by atoms with Crippen LogP contribution in [0.2, 0.25) is 0 Å². The molecule has 2 rings (SSSR count). The number of hydrogen-bond acceptors (Lipinski definition) is 2. The number of nitrogens with one attached hydrogen (secondary N) is 1. The highest BCUT2D eigenvalue weighted by Gasteiger charge is 2.41. The van der Waals surface area contributed by atoms with Crippen molar-refractivity contribution in [2.75, 3.05) is 6.54 Å². The van der Waals surface area contributed by atoms with Gasteiger partial charge in [0.15, 0.2) is 0 Å². The maximum atomic E-state index is 9.37. The van der Waals surface area contributed by atoms with Crippen LogP contribution in [0.25, 0.3) is 0 Å². The molecule has 2 heteroatoms. The molecule has 2 N–H and O–H groups in total. The molecule has 1 aliphatic carbocycles. The van der Waals surface area contributed by atoms with Gasteiger partial charge in [-0.1, -0.05) is 19.1 Å². The Bertz CT molecular complexity index is 414. The van der Waals surface area contributed by atoms with Gasteiger partial charge in [0, 0.05) is 12.1 Å². The monoisotopic (exact) mass is 261 g/mol. The molecule has 0 aliphatic heterocycles. The van der Waals surface area contributed by atoms with Crippen LogP contribution < -0.4 is 5.32 Å². The fourth-order valence-corrected chi connectivity index (χ4v) is 2.68. The van der Waals surface area contributed by atoms with Crippen LogP contribution in [0.5, 0.6) is 5.75 Å². The number of phenolic OH excluding ortho intramolecular Hbond substituents is 1. The summed E-state index contributed by atoms with van der Waals surface area (Å²) < 4.78 is 0. The van der Waals surface area contributed by atoms with E-state index in [0.717, 1.165) is 18.9 Å². The second kappa shape index (κ2) is 5.16. The molecule has 1 aliphatic rings. The molecule has 0 amide bonds. The van der Waals surface area contributed by atoms with Crippen molar-refractivity contribution in [1.82, 2.24) is 5.32 Å². The van der Waals surface area contributed by atoms with Crippen molar-refractivity contribution in [2.24, 2.45) is 11.3 Å². The molecule has 1 unspecified atom stereocenters. The lowest BCUT2D eigenvalue weighted by atomic mass is 9.78. The van der Waals surface area contributed by atoms with Gasteiger partial charge in [-0.15, -0.1) is 0 Å². The summed E-state index contributed by atoms with van der Waals surface area (Å²) in [5.74, 6) is 1.20. The third-order valence-electron chi connectivity index (χ3n) is 4.13. The summed E-state index contributed by atoms with van der Waals surface area (Å²) in [4.78, 5) is 0. The van der Waals surface area contributed by atoms with E-state index in [1.54, 1.807) is 12.1 Å². The maximum absolute atomic E-state index is 9.37. The van der Waals surface area contributed by atoms with E-state index >= 15 is 0 Å². The molecule has 19 heavy (non-hydrogen) atoms. The van der Waals surface area contributed by atoms with Crippen LogP contribution >= 0.6 is 0 Å². The van der Waals surface area contributed by atoms with Gasteiger partial charge in [-0.05, 0) is 69.1 Å². The second-order valence-electron chi connectivity index (χ2n) is 7.38. The Labute approximate surface area is 117 Å². The molecular formula is C17H27NO. The van der Waals surface area contributed by atoms with Crippen LogP contribution in [0.15, 0.2) is 24.3 Å². The van der Waals surface area contributed by atoms with Crippen LogP contribution in [0, 0.1) is 11.3 Å². The largest absolute Gasteiger partial charge is 0.508 e. The Morgan fingerprint density at radius 1 is 1.11 bits per heavy atom. The highest BCUT2D eigenvalue weighted by molar-refractivity contribution is 5.27. The fraction of sp³-hybridized carbons (Fsp3) is 0.647. The number of benzene rings is 1. The van der Waals surface area contributed by atoms with Crippen molar-refractivity contribution in [3.05, 3.63) is 29.8 Å². The van der Waals surface area contributed by atoms with Crippen molar-refractivity contribution in [2.45, 2.75) is 52.5 Å². The fourth-order valence-electron chi connectivity index (χ4n) is 2.68.